The van der Waals surface area contributed by atoms with Crippen LogP contribution >= 0.6 is 0 Å². The highest BCUT2D eigenvalue weighted by Crippen LogP contribution is 2.48. The predicted molar refractivity (Wildman–Crippen MR) is 70.6 cm³/mol. The minimum atomic E-state index is 0.642. The first-order valence-corrected chi connectivity index (χ1v) is 7.04. The fourth-order valence-electron chi connectivity index (χ4n) is 3.53. The lowest BCUT2D eigenvalue weighted by Gasteiger charge is -2.22. The molecule has 4 heteroatoms. The highest BCUT2D eigenvalue weighted by Gasteiger charge is 2.39. The quantitative estimate of drug-likeness (QED) is 0.869. The van der Waals surface area contributed by atoms with Crippen LogP contribution in [0.15, 0.2) is 12.4 Å². The van der Waals surface area contributed by atoms with Gasteiger partial charge in [0.15, 0.2) is 0 Å². The van der Waals surface area contributed by atoms with Crippen LogP contribution in [-0.2, 0) is 0 Å². The molecule has 0 aromatic carbocycles. The maximum absolute atomic E-state index is 5.38. The van der Waals surface area contributed by atoms with E-state index in [1.165, 1.54) is 25.7 Å². The van der Waals surface area contributed by atoms with Gasteiger partial charge in [-0.1, -0.05) is 6.42 Å². The number of ether oxygens (including phenoxy) is 1. The van der Waals surface area contributed by atoms with Gasteiger partial charge < -0.3 is 10.1 Å². The first kappa shape index (κ1) is 11.8. The van der Waals surface area contributed by atoms with Crippen LogP contribution in [0.3, 0.4) is 0 Å². The molecule has 3 rings (SSSR count). The molecule has 2 aliphatic rings. The van der Waals surface area contributed by atoms with E-state index in [9.17, 15) is 0 Å². The second-order valence-electron chi connectivity index (χ2n) is 5.49. The van der Waals surface area contributed by atoms with Crippen LogP contribution in [0.1, 0.15) is 32.6 Å². The molecule has 0 amide bonds. The standard InChI is InChI=1S/C14H21N3O/c1-2-18-14-7-13(16-9-17-14)15-8-12-6-10-3-4-11(12)5-10/h7,9-12H,2-6,8H2,1H3,(H,15,16,17). The van der Waals surface area contributed by atoms with Gasteiger partial charge >= 0.3 is 0 Å². The molecule has 1 heterocycles. The predicted octanol–water partition coefficient (Wildman–Crippen LogP) is 2.72. The molecule has 0 saturated heterocycles. The first-order chi connectivity index (χ1) is 8.85. The summed E-state index contributed by atoms with van der Waals surface area (Å²) in [7, 11) is 0. The molecular weight excluding hydrogens is 226 g/mol. The Balaban J connectivity index is 1.55. The van der Waals surface area contributed by atoms with Crippen LogP contribution in [0.4, 0.5) is 5.82 Å². The largest absolute Gasteiger partial charge is 0.478 e. The van der Waals surface area contributed by atoms with E-state index in [-0.39, 0.29) is 0 Å². The molecule has 18 heavy (non-hydrogen) atoms. The third-order valence-electron chi connectivity index (χ3n) is 4.36. The molecule has 98 valence electrons. The SMILES string of the molecule is CCOc1cc(NCC2CC3CCC2C3)ncn1. The number of nitrogens with one attached hydrogen (secondary N) is 1. The smallest absolute Gasteiger partial charge is 0.218 e. The Morgan fingerprint density at radius 2 is 2.28 bits per heavy atom. The molecule has 2 aliphatic carbocycles. The minimum Gasteiger partial charge on any atom is -0.478 e. The molecule has 3 atom stereocenters. The van der Waals surface area contributed by atoms with Gasteiger partial charge in [0, 0.05) is 12.6 Å². The van der Waals surface area contributed by atoms with Crippen molar-refractivity contribution >= 4 is 5.82 Å². The average Bonchev–Trinajstić information content (AvgIpc) is 2.99. The summed E-state index contributed by atoms with van der Waals surface area (Å²) in [6, 6.07) is 1.89. The van der Waals surface area contributed by atoms with Crippen LogP contribution in [0.5, 0.6) is 5.88 Å². The van der Waals surface area contributed by atoms with Crippen LogP contribution in [-0.4, -0.2) is 23.1 Å². The Bertz CT molecular complexity index is 410. The zero-order valence-corrected chi connectivity index (χ0v) is 10.9. The molecule has 3 unspecified atom stereocenters. The van der Waals surface area contributed by atoms with E-state index in [2.05, 4.69) is 15.3 Å². The fourth-order valence-corrected chi connectivity index (χ4v) is 3.53. The number of aromatic nitrogens is 2. The van der Waals surface area contributed by atoms with Crippen molar-refractivity contribution in [3.05, 3.63) is 12.4 Å². The molecule has 2 bridgehead atoms. The van der Waals surface area contributed by atoms with Gasteiger partial charge in [0.05, 0.1) is 6.61 Å². The lowest BCUT2D eigenvalue weighted by atomic mass is 9.89. The topological polar surface area (TPSA) is 47.0 Å². The van der Waals surface area contributed by atoms with Gasteiger partial charge in [-0.25, -0.2) is 9.97 Å². The lowest BCUT2D eigenvalue weighted by molar-refractivity contribution is 0.326. The molecule has 1 aromatic heterocycles. The van der Waals surface area contributed by atoms with Gasteiger partial charge in [0.25, 0.3) is 0 Å². The van der Waals surface area contributed by atoms with E-state index in [1.54, 1.807) is 6.33 Å². The molecule has 0 radical (unpaired) electrons. The van der Waals surface area contributed by atoms with Crippen molar-refractivity contribution in [2.45, 2.75) is 32.6 Å². The molecule has 1 aromatic rings. The molecule has 4 nitrogen and oxygen atoms in total. The fraction of sp³-hybridized carbons (Fsp3) is 0.714. The number of nitrogens with zero attached hydrogens (tertiary/aromatic N) is 2. The van der Waals surface area contributed by atoms with E-state index in [0.29, 0.717) is 12.5 Å². The second-order valence-corrected chi connectivity index (χ2v) is 5.49. The third-order valence-corrected chi connectivity index (χ3v) is 4.36. The van der Waals surface area contributed by atoms with Gasteiger partial charge in [-0.05, 0) is 43.9 Å². The highest BCUT2D eigenvalue weighted by molar-refractivity contribution is 5.37. The zero-order chi connectivity index (χ0) is 12.4. The Morgan fingerprint density at radius 3 is 3.00 bits per heavy atom. The van der Waals surface area contributed by atoms with E-state index in [0.717, 1.165) is 30.1 Å². The van der Waals surface area contributed by atoms with Crippen molar-refractivity contribution in [1.82, 2.24) is 9.97 Å². The molecule has 1 N–H and O–H groups in total. The van der Waals surface area contributed by atoms with Crippen molar-refractivity contribution in [2.75, 3.05) is 18.5 Å². The average molecular weight is 247 g/mol. The summed E-state index contributed by atoms with van der Waals surface area (Å²) in [5, 5.41) is 3.44. The summed E-state index contributed by atoms with van der Waals surface area (Å²) in [5.74, 6) is 4.34. The molecule has 0 aliphatic heterocycles. The Kier molecular flexibility index (Phi) is 3.35. The lowest BCUT2D eigenvalue weighted by Crippen LogP contribution is -2.20. The molecular formula is C14H21N3O. The Morgan fingerprint density at radius 1 is 1.33 bits per heavy atom. The molecule has 0 spiro atoms. The first-order valence-electron chi connectivity index (χ1n) is 7.04. The summed E-state index contributed by atoms with van der Waals surface area (Å²) in [6.07, 6.45) is 7.32. The van der Waals surface area contributed by atoms with E-state index in [1.807, 2.05) is 13.0 Å². The van der Waals surface area contributed by atoms with Gasteiger partial charge in [0.2, 0.25) is 5.88 Å². The normalized spacial score (nSPS) is 29.5. The van der Waals surface area contributed by atoms with Crippen molar-refractivity contribution in [3.63, 3.8) is 0 Å². The summed E-state index contributed by atoms with van der Waals surface area (Å²) in [5.41, 5.74) is 0. The van der Waals surface area contributed by atoms with Gasteiger partial charge in [-0.2, -0.15) is 0 Å². The van der Waals surface area contributed by atoms with Crippen molar-refractivity contribution in [2.24, 2.45) is 17.8 Å². The monoisotopic (exact) mass is 247 g/mol. The second kappa shape index (κ2) is 5.12. The third kappa shape index (κ3) is 2.42. The Hall–Kier alpha value is -1.32. The van der Waals surface area contributed by atoms with Crippen molar-refractivity contribution < 1.29 is 4.74 Å². The highest BCUT2D eigenvalue weighted by atomic mass is 16.5. The van der Waals surface area contributed by atoms with E-state index >= 15 is 0 Å². The summed E-state index contributed by atoms with van der Waals surface area (Å²) in [6.45, 7) is 3.65. The Labute approximate surface area is 108 Å². The molecule has 2 fully saturated rings. The van der Waals surface area contributed by atoms with Gasteiger partial charge in [-0.3, -0.25) is 0 Å². The summed E-state index contributed by atoms with van der Waals surface area (Å²) < 4.78 is 5.38. The number of anilines is 1. The van der Waals surface area contributed by atoms with Crippen molar-refractivity contribution in [3.8, 4) is 5.88 Å². The van der Waals surface area contributed by atoms with Crippen LogP contribution < -0.4 is 10.1 Å². The van der Waals surface area contributed by atoms with E-state index in [4.69, 9.17) is 4.74 Å². The summed E-state index contributed by atoms with van der Waals surface area (Å²) >= 11 is 0. The maximum atomic E-state index is 5.38. The van der Waals surface area contributed by atoms with Gasteiger partial charge in [0.1, 0.15) is 12.1 Å². The van der Waals surface area contributed by atoms with Crippen LogP contribution in [0, 0.1) is 17.8 Å². The van der Waals surface area contributed by atoms with E-state index < -0.39 is 0 Å². The molecule has 2 saturated carbocycles. The maximum Gasteiger partial charge on any atom is 0.218 e. The number of hydrogen-bond acceptors (Lipinski definition) is 4. The van der Waals surface area contributed by atoms with Gasteiger partial charge in [-0.15, -0.1) is 0 Å². The minimum absolute atomic E-state index is 0.642. The number of hydrogen-bond donors (Lipinski definition) is 1. The zero-order valence-electron chi connectivity index (χ0n) is 10.9. The van der Waals surface area contributed by atoms with Crippen molar-refractivity contribution in [1.29, 1.82) is 0 Å². The summed E-state index contributed by atoms with van der Waals surface area (Å²) in [4.78, 5) is 8.32. The number of fused-ring (bicyclic) bond motifs is 2. The number of rotatable bonds is 5. The van der Waals surface area contributed by atoms with Crippen LogP contribution in [0.25, 0.3) is 0 Å². The van der Waals surface area contributed by atoms with Crippen LogP contribution in [0.2, 0.25) is 0 Å².